The fourth-order valence-corrected chi connectivity index (χ4v) is 0.374. The maximum Gasteiger partial charge on any atom is 0.293 e. The van der Waals surface area contributed by atoms with Gasteiger partial charge in [0, 0.05) is 0 Å². The summed E-state index contributed by atoms with van der Waals surface area (Å²) in [5.41, 5.74) is 1.25. The molecule has 0 saturated heterocycles. The Labute approximate surface area is 55.5 Å². The molecule has 0 N–H and O–H groups in total. The van der Waals surface area contributed by atoms with E-state index in [2.05, 4.69) is 11.7 Å². The van der Waals surface area contributed by atoms with Crippen molar-refractivity contribution in [3.05, 3.63) is 11.6 Å². The van der Waals surface area contributed by atoms with Crippen molar-refractivity contribution >= 4 is 6.47 Å². The Morgan fingerprint density at radius 3 is 2.78 bits per heavy atom. The first-order valence-electron chi connectivity index (χ1n) is 3.02. The molecule has 2 nitrogen and oxygen atoms in total. The Hall–Kier alpha value is -0.790. The van der Waals surface area contributed by atoms with Gasteiger partial charge >= 0.3 is 0 Å². The highest BCUT2D eigenvalue weighted by molar-refractivity contribution is 5.37. The van der Waals surface area contributed by atoms with Gasteiger partial charge in [0.05, 0.1) is 0 Å². The third kappa shape index (κ3) is 5.07. The molecule has 0 spiro atoms. The first-order chi connectivity index (χ1) is 4.31. The molecule has 0 aliphatic heterocycles. The second-order valence-electron chi connectivity index (χ2n) is 1.83. The molecule has 0 aromatic heterocycles. The van der Waals surface area contributed by atoms with Crippen molar-refractivity contribution in [1.29, 1.82) is 0 Å². The number of hydrogen-bond donors (Lipinski definition) is 0. The molecule has 2 heteroatoms. The fourth-order valence-electron chi connectivity index (χ4n) is 0.374. The first-order valence-corrected chi connectivity index (χ1v) is 3.02. The lowest BCUT2D eigenvalue weighted by Gasteiger charge is -1.93. The monoisotopic (exact) mass is 128 g/mol. The number of rotatable bonds is 4. The van der Waals surface area contributed by atoms with Crippen LogP contribution in [0.4, 0.5) is 0 Å². The van der Waals surface area contributed by atoms with Crippen LogP contribution in [-0.4, -0.2) is 13.1 Å². The zero-order valence-corrected chi connectivity index (χ0v) is 5.89. The second-order valence-corrected chi connectivity index (χ2v) is 1.83. The number of ether oxygens (including phenoxy) is 1. The molecule has 0 amide bonds. The summed E-state index contributed by atoms with van der Waals surface area (Å²) >= 11 is 0. The molecule has 9 heavy (non-hydrogen) atoms. The summed E-state index contributed by atoms with van der Waals surface area (Å²) in [7, 11) is 0. The van der Waals surface area contributed by atoms with Gasteiger partial charge in [-0.05, 0) is 19.4 Å². The van der Waals surface area contributed by atoms with Crippen LogP contribution in [0.25, 0.3) is 0 Å². The highest BCUT2D eigenvalue weighted by Gasteiger charge is 1.81. The van der Waals surface area contributed by atoms with E-state index < -0.39 is 0 Å². The third-order valence-corrected chi connectivity index (χ3v) is 1.15. The molecular formula is C7H12O2. The van der Waals surface area contributed by atoms with E-state index in [0.717, 1.165) is 6.42 Å². The third-order valence-electron chi connectivity index (χ3n) is 1.15. The largest absolute Gasteiger partial charge is 0.464 e. The zero-order chi connectivity index (χ0) is 7.11. The minimum atomic E-state index is 0.406. The maximum absolute atomic E-state index is 9.62. The van der Waals surface area contributed by atoms with Crippen molar-refractivity contribution in [2.24, 2.45) is 0 Å². The topological polar surface area (TPSA) is 26.3 Å². The normalized spacial score (nSPS) is 11.1. The van der Waals surface area contributed by atoms with Crippen molar-refractivity contribution < 1.29 is 9.53 Å². The number of carbonyl (C=O) groups is 1. The zero-order valence-electron chi connectivity index (χ0n) is 5.89. The molecule has 0 aliphatic carbocycles. The second kappa shape index (κ2) is 5.35. The van der Waals surface area contributed by atoms with Gasteiger partial charge in [-0.1, -0.05) is 12.5 Å². The minimum absolute atomic E-state index is 0.406. The van der Waals surface area contributed by atoms with Crippen LogP contribution in [0.2, 0.25) is 0 Å². The van der Waals surface area contributed by atoms with Crippen LogP contribution in [0.3, 0.4) is 0 Å². The van der Waals surface area contributed by atoms with Crippen LogP contribution in [0, 0.1) is 0 Å². The molecule has 0 saturated carbocycles. The molecule has 0 bridgehead atoms. The summed E-state index contributed by atoms with van der Waals surface area (Å²) in [6, 6.07) is 0. The molecule has 0 aromatic rings. The molecule has 0 aromatic carbocycles. The van der Waals surface area contributed by atoms with E-state index in [-0.39, 0.29) is 0 Å². The lowest BCUT2D eigenvalue weighted by molar-refractivity contribution is -0.127. The van der Waals surface area contributed by atoms with Crippen molar-refractivity contribution in [1.82, 2.24) is 0 Å². The van der Waals surface area contributed by atoms with Crippen molar-refractivity contribution in [2.75, 3.05) is 6.61 Å². The smallest absolute Gasteiger partial charge is 0.293 e. The molecule has 0 radical (unpaired) electrons. The average molecular weight is 128 g/mol. The lowest BCUT2D eigenvalue weighted by Crippen LogP contribution is -1.87. The Kier molecular flexibility index (Phi) is 4.88. The van der Waals surface area contributed by atoms with Gasteiger partial charge in [0.25, 0.3) is 6.47 Å². The summed E-state index contributed by atoms with van der Waals surface area (Å²) in [6.07, 6.45) is 2.91. The molecule has 0 unspecified atom stereocenters. The molecular weight excluding hydrogens is 116 g/mol. The molecule has 0 rings (SSSR count). The van der Waals surface area contributed by atoms with Gasteiger partial charge in [-0.3, -0.25) is 4.79 Å². The molecule has 0 aliphatic rings. The van der Waals surface area contributed by atoms with E-state index in [4.69, 9.17) is 0 Å². The van der Waals surface area contributed by atoms with Gasteiger partial charge in [-0.2, -0.15) is 0 Å². The summed E-state index contributed by atoms with van der Waals surface area (Å²) in [5, 5.41) is 0. The van der Waals surface area contributed by atoms with Crippen molar-refractivity contribution in [2.45, 2.75) is 20.3 Å². The van der Waals surface area contributed by atoms with Gasteiger partial charge in [0.15, 0.2) is 0 Å². The Morgan fingerprint density at radius 1 is 1.67 bits per heavy atom. The molecule has 52 valence electrons. The van der Waals surface area contributed by atoms with E-state index in [9.17, 15) is 4.79 Å². The summed E-state index contributed by atoms with van der Waals surface area (Å²) in [6.45, 7) is 4.93. The summed E-state index contributed by atoms with van der Waals surface area (Å²) in [5.74, 6) is 0. The van der Waals surface area contributed by atoms with Gasteiger partial charge in [0.1, 0.15) is 6.61 Å². The van der Waals surface area contributed by atoms with Gasteiger partial charge < -0.3 is 4.74 Å². The van der Waals surface area contributed by atoms with Crippen LogP contribution in [-0.2, 0) is 9.53 Å². The maximum atomic E-state index is 9.62. The quantitative estimate of drug-likeness (QED) is 0.326. The lowest BCUT2D eigenvalue weighted by atomic mass is 10.2. The van der Waals surface area contributed by atoms with E-state index >= 15 is 0 Å². The predicted octanol–water partition coefficient (Wildman–Crippen LogP) is 1.52. The number of hydrogen-bond acceptors (Lipinski definition) is 2. The molecule has 0 atom stereocenters. The van der Waals surface area contributed by atoms with Gasteiger partial charge in [-0.15, -0.1) is 0 Å². The average Bonchev–Trinajstić information content (AvgIpc) is 1.89. The highest BCUT2D eigenvalue weighted by atomic mass is 16.5. The van der Waals surface area contributed by atoms with Crippen LogP contribution >= 0.6 is 0 Å². The predicted molar refractivity (Wildman–Crippen MR) is 36.1 cm³/mol. The van der Waals surface area contributed by atoms with E-state index in [1.807, 2.05) is 13.0 Å². The van der Waals surface area contributed by atoms with Crippen LogP contribution < -0.4 is 0 Å². The van der Waals surface area contributed by atoms with E-state index in [1.54, 1.807) is 0 Å². The molecule has 0 fully saturated rings. The van der Waals surface area contributed by atoms with Crippen LogP contribution in [0.15, 0.2) is 11.6 Å². The summed E-state index contributed by atoms with van der Waals surface area (Å²) < 4.78 is 4.45. The Morgan fingerprint density at radius 2 is 2.33 bits per heavy atom. The summed E-state index contributed by atoms with van der Waals surface area (Å²) in [4.78, 5) is 9.62. The Bertz CT molecular complexity index is 105. The number of allylic oxidation sites excluding steroid dienone is 1. The number of carbonyl (C=O) groups excluding carboxylic acids is 1. The van der Waals surface area contributed by atoms with Crippen LogP contribution in [0.5, 0.6) is 0 Å². The van der Waals surface area contributed by atoms with Crippen molar-refractivity contribution in [3.63, 3.8) is 0 Å². The van der Waals surface area contributed by atoms with Gasteiger partial charge in [-0.25, -0.2) is 0 Å². The standard InChI is InChI=1S/C7H12O2/c1-3-7(2)4-5-9-6-8/h4,6H,3,5H2,1-2H3/b7-4-. The minimum Gasteiger partial charge on any atom is -0.464 e. The fraction of sp³-hybridized carbons (Fsp3) is 0.571. The van der Waals surface area contributed by atoms with Gasteiger partial charge in [0.2, 0.25) is 0 Å². The van der Waals surface area contributed by atoms with Crippen LogP contribution in [0.1, 0.15) is 20.3 Å². The van der Waals surface area contributed by atoms with E-state index in [1.165, 1.54) is 5.57 Å². The first kappa shape index (κ1) is 8.21. The SMILES string of the molecule is CC/C(C)=C\COC=O. The molecule has 0 heterocycles. The highest BCUT2D eigenvalue weighted by Crippen LogP contribution is 1.95. The Balaban J connectivity index is 3.31. The van der Waals surface area contributed by atoms with E-state index in [0.29, 0.717) is 13.1 Å². The van der Waals surface area contributed by atoms with Crippen molar-refractivity contribution in [3.8, 4) is 0 Å².